The quantitative estimate of drug-likeness (QED) is 0.227. The lowest BCUT2D eigenvalue weighted by atomic mass is 9.96. The molecule has 0 aromatic heterocycles. The van der Waals surface area contributed by atoms with E-state index in [1.165, 1.54) is 0 Å². The summed E-state index contributed by atoms with van der Waals surface area (Å²) in [5.41, 5.74) is 0.959. The van der Waals surface area contributed by atoms with Crippen molar-refractivity contribution >= 4 is 33.9 Å². The molecule has 3 aromatic rings. The minimum absolute atomic E-state index is 0.190. The third-order valence-electron chi connectivity index (χ3n) is 4.86. The van der Waals surface area contributed by atoms with Crippen LogP contribution in [0.2, 0.25) is 0 Å². The van der Waals surface area contributed by atoms with Crippen LogP contribution in [0.4, 0.5) is 9.59 Å². The summed E-state index contributed by atoms with van der Waals surface area (Å²) in [6.45, 7) is 10.4. The van der Waals surface area contributed by atoms with E-state index in [9.17, 15) is 9.59 Å². The highest BCUT2D eigenvalue weighted by Gasteiger charge is 2.22. The highest BCUT2D eigenvalue weighted by atomic mass is 16.7. The van der Waals surface area contributed by atoms with E-state index in [0.717, 1.165) is 5.56 Å². The first-order valence-electron chi connectivity index (χ1n) is 11.0. The van der Waals surface area contributed by atoms with Crippen molar-refractivity contribution in [2.24, 2.45) is 11.8 Å². The first-order chi connectivity index (χ1) is 15.3. The van der Waals surface area contributed by atoms with Crippen LogP contribution >= 0.6 is 0 Å². The van der Waals surface area contributed by atoms with Gasteiger partial charge in [0.15, 0.2) is 5.75 Å². The van der Waals surface area contributed by atoms with Crippen molar-refractivity contribution < 1.29 is 28.5 Å². The van der Waals surface area contributed by atoms with Crippen molar-refractivity contribution in [3.05, 3.63) is 48.0 Å². The molecule has 0 aliphatic heterocycles. The van der Waals surface area contributed by atoms with Gasteiger partial charge < -0.3 is 18.9 Å². The Morgan fingerprint density at radius 3 is 1.75 bits per heavy atom. The fourth-order valence-electron chi connectivity index (χ4n) is 3.42. The maximum Gasteiger partial charge on any atom is 0.513 e. The number of carbonyl (C=O) groups is 2. The van der Waals surface area contributed by atoms with Gasteiger partial charge in [0.2, 0.25) is 0 Å². The zero-order valence-electron chi connectivity index (χ0n) is 19.3. The number of aryl methyl sites for hydroxylation is 1. The molecule has 0 amide bonds. The van der Waals surface area contributed by atoms with E-state index in [0.29, 0.717) is 39.5 Å². The van der Waals surface area contributed by atoms with Crippen LogP contribution in [0.3, 0.4) is 0 Å². The van der Waals surface area contributed by atoms with Crippen LogP contribution in [-0.2, 0) is 15.9 Å². The van der Waals surface area contributed by atoms with Crippen molar-refractivity contribution in [2.45, 2.75) is 41.0 Å². The molecule has 0 unspecified atom stereocenters. The Labute approximate surface area is 188 Å². The number of fused-ring (bicyclic) bond motifs is 2. The van der Waals surface area contributed by atoms with E-state index < -0.39 is 12.3 Å². The van der Waals surface area contributed by atoms with Gasteiger partial charge in [-0.2, -0.15) is 0 Å². The lowest BCUT2D eigenvalue weighted by Gasteiger charge is -2.18. The summed E-state index contributed by atoms with van der Waals surface area (Å²) in [5.74, 6) is 1.15. The van der Waals surface area contributed by atoms with Gasteiger partial charge in [-0.25, -0.2) is 9.59 Å². The number of carbonyl (C=O) groups excluding carboxylic acids is 2. The molecule has 0 fully saturated rings. The predicted octanol–water partition coefficient (Wildman–Crippen LogP) is 6.90. The first kappa shape index (κ1) is 23.4. The van der Waals surface area contributed by atoms with Crippen molar-refractivity contribution in [1.29, 1.82) is 0 Å². The van der Waals surface area contributed by atoms with Gasteiger partial charge in [-0.05, 0) is 23.8 Å². The summed E-state index contributed by atoms with van der Waals surface area (Å²) in [6, 6.07) is 13.0. The zero-order chi connectivity index (χ0) is 23.3. The van der Waals surface area contributed by atoms with Crippen molar-refractivity contribution in [3.8, 4) is 11.5 Å². The molecule has 6 nitrogen and oxygen atoms in total. The second-order valence-electron chi connectivity index (χ2n) is 8.51. The van der Waals surface area contributed by atoms with Gasteiger partial charge in [0.1, 0.15) is 5.75 Å². The van der Waals surface area contributed by atoms with Crippen LogP contribution in [-0.4, -0.2) is 25.5 Å². The van der Waals surface area contributed by atoms with Gasteiger partial charge in [-0.1, -0.05) is 77.1 Å². The maximum absolute atomic E-state index is 12.5. The van der Waals surface area contributed by atoms with Gasteiger partial charge in [0.05, 0.1) is 13.2 Å². The van der Waals surface area contributed by atoms with Gasteiger partial charge in [0.25, 0.3) is 0 Å². The summed E-state index contributed by atoms with van der Waals surface area (Å²) in [6.07, 6.45) is -0.831. The molecule has 0 aliphatic rings. The molecular weight excluding hydrogens is 408 g/mol. The molecular formula is C26H30O6. The standard InChI is InChI=1S/C26H30O6/c1-6-18-10-9-13-21-22(18)24(32-26(28)30-15-17(4)5)20-12-8-7-11-19(20)23(21)31-25(27)29-14-16(2)3/h7-13,16-17H,6,14-15H2,1-5H3. The molecule has 0 aliphatic carbocycles. The van der Waals surface area contributed by atoms with Crippen molar-refractivity contribution in [2.75, 3.05) is 13.2 Å². The van der Waals surface area contributed by atoms with Crippen LogP contribution in [0.25, 0.3) is 21.5 Å². The average molecular weight is 439 g/mol. The maximum atomic E-state index is 12.5. The molecule has 0 spiro atoms. The fourth-order valence-corrected chi connectivity index (χ4v) is 3.42. The van der Waals surface area contributed by atoms with Gasteiger partial charge in [-0.15, -0.1) is 0 Å². The number of hydrogen-bond acceptors (Lipinski definition) is 6. The Bertz CT molecular complexity index is 1120. The minimum atomic E-state index is -0.767. The molecule has 0 N–H and O–H groups in total. The first-order valence-corrected chi connectivity index (χ1v) is 11.0. The van der Waals surface area contributed by atoms with Crippen molar-refractivity contribution in [3.63, 3.8) is 0 Å². The predicted molar refractivity (Wildman–Crippen MR) is 124 cm³/mol. The molecule has 0 saturated carbocycles. The Kier molecular flexibility index (Phi) is 7.57. The highest BCUT2D eigenvalue weighted by Crippen LogP contribution is 2.44. The summed E-state index contributed by atoms with van der Waals surface area (Å²) in [4.78, 5) is 24.9. The Balaban J connectivity index is 2.17. The number of hydrogen-bond donors (Lipinski definition) is 0. The normalized spacial score (nSPS) is 11.2. The van der Waals surface area contributed by atoms with Crippen LogP contribution in [0.15, 0.2) is 42.5 Å². The van der Waals surface area contributed by atoms with Crippen molar-refractivity contribution in [1.82, 2.24) is 0 Å². The van der Waals surface area contributed by atoms with E-state index in [-0.39, 0.29) is 25.0 Å². The Hall–Kier alpha value is -3.28. The third kappa shape index (κ3) is 5.31. The molecule has 32 heavy (non-hydrogen) atoms. The number of rotatable bonds is 7. The number of ether oxygens (including phenoxy) is 4. The molecule has 0 heterocycles. The highest BCUT2D eigenvalue weighted by molar-refractivity contribution is 6.13. The van der Waals surface area contributed by atoms with E-state index in [1.807, 2.05) is 77.1 Å². The summed E-state index contributed by atoms with van der Waals surface area (Å²) >= 11 is 0. The van der Waals surface area contributed by atoms with E-state index >= 15 is 0 Å². The van der Waals surface area contributed by atoms with Gasteiger partial charge in [0, 0.05) is 21.5 Å². The zero-order valence-corrected chi connectivity index (χ0v) is 19.3. The smallest absolute Gasteiger partial charge is 0.434 e. The van der Waals surface area contributed by atoms with E-state index in [1.54, 1.807) is 0 Å². The monoisotopic (exact) mass is 438 g/mol. The largest absolute Gasteiger partial charge is 0.513 e. The molecule has 170 valence electrons. The van der Waals surface area contributed by atoms with Gasteiger partial charge in [-0.3, -0.25) is 0 Å². The molecule has 0 atom stereocenters. The summed E-state index contributed by atoms with van der Waals surface area (Å²) < 4.78 is 21.9. The second kappa shape index (κ2) is 10.4. The van der Waals surface area contributed by atoms with Crippen LogP contribution in [0, 0.1) is 11.8 Å². The van der Waals surface area contributed by atoms with Crippen LogP contribution < -0.4 is 9.47 Å². The van der Waals surface area contributed by atoms with E-state index in [4.69, 9.17) is 18.9 Å². The molecule has 0 radical (unpaired) electrons. The second-order valence-corrected chi connectivity index (χ2v) is 8.51. The molecule has 3 aromatic carbocycles. The summed E-state index contributed by atoms with van der Waals surface area (Å²) in [5, 5.41) is 2.66. The number of benzene rings is 3. The Morgan fingerprint density at radius 2 is 1.22 bits per heavy atom. The lowest BCUT2D eigenvalue weighted by molar-refractivity contribution is 0.0879. The molecule has 0 saturated heterocycles. The fraction of sp³-hybridized carbons (Fsp3) is 0.385. The third-order valence-corrected chi connectivity index (χ3v) is 4.86. The summed E-state index contributed by atoms with van der Waals surface area (Å²) in [7, 11) is 0. The minimum Gasteiger partial charge on any atom is -0.434 e. The van der Waals surface area contributed by atoms with Crippen LogP contribution in [0.1, 0.15) is 40.2 Å². The Morgan fingerprint density at radius 1 is 0.719 bits per heavy atom. The molecule has 6 heteroatoms. The topological polar surface area (TPSA) is 71.1 Å². The van der Waals surface area contributed by atoms with Crippen LogP contribution in [0.5, 0.6) is 11.5 Å². The lowest BCUT2D eigenvalue weighted by Crippen LogP contribution is -2.16. The average Bonchev–Trinajstić information content (AvgIpc) is 2.77. The van der Waals surface area contributed by atoms with Gasteiger partial charge >= 0.3 is 12.3 Å². The molecule has 3 rings (SSSR count). The van der Waals surface area contributed by atoms with E-state index in [2.05, 4.69) is 0 Å². The molecule has 0 bridgehead atoms. The SMILES string of the molecule is CCc1cccc2c(OC(=O)OCC(C)C)c3ccccc3c(OC(=O)OCC(C)C)c12.